The smallest absolute Gasteiger partial charge is 0.223 e. The molecule has 4 unspecified atom stereocenters. The fourth-order valence-corrected chi connectivity index (χ4v) is 3.48. The van der Waals surface area contributed by atoms with Crippen LogP contribution in [0.25, 0.3) is 0 Å². The Kier molecular flexibility index (Phi) is 4.62. The van der Waals surface area contributed by atoms with Gasteiger partial charge in [0.1, 0.15) is 0 Å². The maximum atomic E-state index is 12.3. The zero-order valence-electron chi connectivity index (χ0n) is 11.3. The number of hydrogen-bond acceptors (Lipinski definition) is 3. The molecule has 2 fully saturated rings. The van der Waals surface area contributed by atoms with E-state index in [9.17, 15) is 9.90 Å². The zero-order valence-corrected chi connectivity index (χ0v) is 11.3. The van der Waals surface area contributed by atoms with Gasteiger partial charge in [-0.15, -0.1) is 0 Å². The lowest BCUT2D eigenvalue weighted by Crippen LogP contribution is -2.41. The molecule has 0 bridgehead atoms. The second kappa shape index (κ2) is 6.02. The van der Waals surface area contributed by atoms with Gasteiger partial charge in [0.15, 0.2) is 0 Å². The average Bonchev–Trinajstić information content (AvgIpc) is 2.70. The fourth-order valence-electron chi connectivity index (χ4n) is 3.48. The predicted molar refractivity (Wildman–Crippen MR) is 70.9 cm³/mol. The highest BCUT2D eigenvalue weighted by atomic mass is 16.3. The van der Waals surface area contributed by atoms with Crippen LogP contribution in [0.5, 0.6) is 0 Å². The molecule has 1 aliphatic carbocycles. The van der Waals surface area contributed by atoms with Gasteiger partial charge in [-0.05, 0) is 37.5 Å². The van der Waals surface area contributed by atoms with E-state index in [1.807, 2.05) is 4.90 Å². The molecule has 0 aromatic carbocycles. The lowest BCUT2D eigenvalue weighted by Gasteiger charge is -2.30. The van der Waals surface area contributed by atoms with Gasteiger partial charge in [0.05, 0.1) is 12.6 Å². The van der Waals surface area contributed by atoms with Crippen molar-refractivity contribution in [2.75, 3.05) is 13.2 Å². The van der Waals surface area contributed by atoms with Crippen molar-refractivity contribution in [2.24, 2.45) is 17.6 Å². The second-order valence-electron chi connectivity index (χ2n) is 6.10. The number of nitrogens with zero attached hydrogens (tertiary/aromatic N) is 1. The van der Waals surface area contributed by atoms with E-state index in [4.69, 9.17) is 5.73 Å². The van der Waals surface area contributed by atoms with Crippen molar-refractivity contribution < 1.29 is 9.90 Å². The van der Waals surface area contributed by atoms with Crippen LogP contribution in [-0.2, 0) is 4.79 Å². The van der Waals surface area contributed by atoms with E-state index in [2.05, 4.69) is 6.92 Å². The Bertz CT molecular complexity index is 296. The third-order valence-electron chi connectivity index (χ3n) is 4.68. The standard InChI is InChI=1S/C14H26N2O2/c1-10-5-6-16(13(10)9-17)14(18)8-11-3-2-4-12(15)7-11/h10-13,17H,2-9,15H2,1H3. The summed E-state index contributed by atoms with van der Waals surface area (Å²) >= 11 is 0. The molecule has 1 saturated heterocycles. The maximum Gasteiger partial charge on any atom is 0.223 e. The molecular weight excluding hydrogens is 228 g/mol. The van der Waals surface area contributed by atoms with Crippen LogP contribution in [0.2, 0.25) is 0 Å². The Morgan fingerprint density at radius 3 is 2.83 bits per heavy atom. The van der Waals surface area contributed by atoms with Crippen LogP contribution < -0.4 is 5.73 Å². The largest absolute Gasteiger partial charge is 0.394 e. The lowest BCUT2D eigenvalue weighted by molar-refractivity contribution is -0.134. The molecule has 3 N–H and O–H groups in total. The van der Waals surface area contributed by atoms with Gasteiger partial charge in [0.25, 0.3) is 0 Å². The molecule has 1 amide bonds. The SMILES string of the molecule is CC1CCN(C(=O)CC2CCCC(N)C2)C1CO. The number of carbonyl (C=O) groups is 1. The maximum absolute atomic E-state index is 12.3. The monoisotopic (exact) mass is 254 g/mol. The first kappa shape index (κ1) is 13.8. The summed E-state index contributed by atoms with van der Waals surface area (Å²) < 4.78 is 0. The van der Waals surface area contributed by atoms with Crippen LogP contribution in [0.4, 0.5) is 0 Å². The Hall–Kier alpha value is -0.610. The van der Waals surface area contributed by atoms with Gasteiger partial charge in [-0.25, -0.2) is 0 Å². The molecule has 4 nitrogen and oxygen atoms in total. The molecule has 1 heterocycles. The molecule has 18 heavy (non-hydrogen) atoms. The van der Waals surface area contributed by atoms with Crippen molar-refractivity contribution in [1.82, 2.24) is 4.90 Å². The van der Waals surface area contributed by atoms with E-state index >= 15 is 0 Å². The Labute approximate surface area is 110 Å². The van der Waals surface area contributed by atoms with Crippen molar-refractivity contribution in [1.29, 1.82) is 0 Å². The molecule has 4 heteroatoms. The molecule has 2 aliphatic rings. The van der Waals surface area contributed by atoms with Crippen molar-refractivity contribution in [3.05, 3.63) is 0 Å². The van der Waals surface area contributed by atoms with Crippen molar-refractivity contribution >= 4 is 5.91 Å². The number of aliphatic hydroxyl groups excluding tert-OH is 1. The van der Waals surface area contributed by atoms with Crippen molar-refractivity contribution in [2.45, 2.75) is 57.5 Å². The summed E-state index contributed by atoms with van der Waals surface area (Å²) in [6.07, 6.45) is 6.01. The third kappa shape index (κ3) is 3.04. The van der Waals surface area contributed by atoms with E-state index < -0.39 is 0 Å². The highest BCUT2D eigenvalue weighted by Gasteiger charge is 2.34. The Balaban J connectivity index is 1.87. The molecule has 0 spiro atoms. The fraction of sp³-hybridized carbons (Fsp3) is 0.929. The van der Waals surface area contributed by atoms with Gasteiger partial charge in [0.2, 0.25) is 5.91 Å². The van der Waals surface area contributed by atoms with E-state index in [0.29, 0.717) is 18.3 Å². The number of carbonyl (C=O) groups excluding carboxylic acids is 1. The molecule has 104 valence electrons. The van der Waals surface area contributed by atoms with Crippen LogP contribution in [0, 0.1) is 11.8 Å². The van der Waals surface area contributed by atoms with Gasteiger partial charge >= 0.3 is 0 Å². The quantitative estimate of drug-likeness (QED) is 0.793. The summed E-state index contributed by atoms with van der Waals surface area (Å²) in [5.41, 5.74) is 5.96. The van der Waals surface area contributed by atoms with Gasteiger partial charge < -0.3 is 15.7 Å². The average molecular weight is 254 g/mol. The van der Waals surface area contributed by atoms with Crippen LogP contribution >= 0.6 is 0 Å². The second-order valence-corrected chi connectivity index (χ2v) is 6.10. The minimum Gasteiger partial charge on any atom is -0.394 e. The first-order valence-corrected chi connectivity index (χ1v) is 7.27. The number of hydrogen-bond donors (Lipinski definition) is 2. The summed E-state index contributed by atoms with van der Waals surface area (Å²) in [6, 6.07) is 0.317. The molecular formula is C14H26N2O2. The Morgan fingerprint density at radius 1 is 1.39 bits per heavy atom. The summed E-state index contributed by atoms with van der Waals surface area (Å²) in [5, 5.41) is 9.39. The van der Waals surface area contributed by atoms with Gasteiger partial charge in [0, 0.05) is 19.0 Å². The minimum atomic E-state index is 0.0368. The normalized spacial score (nSPS) is 36.9. The predicted octanol–water partition coefficient (Wildman–Crippen LogP) is 1.12. The van der Waals surface area contributed by atoms with E-state index in [-0.39, 0.29) is 24.6 Å². The zero-order chi connectivity index (χ0) is 13.1. The van der Waals surface area contributed by atoms with Crippen LogP contribution in [0.1, 0.15) is 45.4 Å². The Morgan fingerprint density at radius 2 is 2.17 bits per heavy atom. The van der Waals surface area contributed by atoms with Gasteiger partial charge in [-0.2, -0.15) is 0 Å². The number of amides is 1. The highest BCUT2D eigenvalue weighted by molar-refractivity contribution is 5.77. The minimum absolute atomic E-state index is 0.0368. The summed E-state index contributed by atoms with van der Waals surface area (Å²) in [4.78, 5) is 14.2. The molecule has 0 aromatic heterocycles. The van der Waals surface area contributed by atoms with Crippen LogP contribution in [0.3, 0.4) is 0 Å². The molecule has 1 saturated carbocycles. The highest BCUT2D eigenvalue weighted by Crippen LogP contribution is 2.29. The number of nitrogens with two attached hydrogens (primary N) is 1. The number of aliphatic hydroxyl groups is 1. The summed E-state index contributed by atoms with van der Waals surface area (Å²) in [5.74, 6) is 1.10. The molecule has 2 rings (SSSR count). The van der Waals surface area contributed by atoms with E-state index in [0.717, 1.165) is 38.6 Å². The number of likely N-dealkylation sites (tertiary alicyclic amines) is 1. The van der Waals surface area contributed by atoms with Crippen molar-refractivity contribution in [3.63, 3.8) is 0 Å². The molecule has 0 aromatic rings. The molecule has 1 aliphatic heterocycles. The topological polar surface area (TPSA) is 66.6 Å². The molecule has 0 radical (unpaired) electrons. The van der Waals surface area contributed by atoms with Crippen LogP contribution in [-0.4, -0.2) is 41.1 Å². The van der Waals surface area contributed by atoms with Gasteiger partial charge in [-0.1, -0.05) is 13.3 Å². The van der Waals surface area contributed by atoms with Gasteiger partial charge in [-0.3, -0.25) is 4.79 Å². The third-order valence-corrected chi connectivity index (χ3v) is 4.68. The van der Waals surface area contributed by atoms with E-state index in [1.165, 1.54) is 0 Å². The first-order chi connectivity index (χ1) is 8.61. The molecule has 4 atom stereocenters. The summed E-state index contributed by atoms with van der Waals surface area (Å²) in [6.45, 7) is 3.02. The van der Waals surface area contributed by atoms with Crippen molar-refractivity contribution in [3.8, 4) is 0 Å². The lowest BCUT2D eigenvalue weighted by atomic mass is 9.84. The summed E-state index contributed by atoms with van der Waals surface area (Å²) in [7, 11) is 0. The van der Waals surface area contributed by atoms with Crippen LogP contribution in [0.15, 0.2) is 0 Å². The number of rotatable bonds is 3. The first-order valence-electron chi connectivity index (χ1n) is 7.27. The van der Waals surface area contributed by atoms with E-state index in [1.54, 1.807) is 0 Å².